The number of halogens is 1. The molecule has 0 atom stereocenters. The molecule has 0 amide bonds. The zero-order valence-corrected chi connectivity index (χ0v) is 6.95. The maximum atomic E-state index is 10.4. The third-order valence-corrected chi connectivity index (χ3v) is 1.85. The Hall–Kier alpha value is -1.69. The van der Waals surface area contributed by atoms with Crippen molar-refractivity contribution in [2.45, 2.75) is 0 Å². The van der Waals surface area contributed by atoms with Crippen LogP contribution in [0.4, 0.5) is 5.69 Å². The Bertz CT molecular complexity index is 480. The van der Waals surface area contributed by atoms with Crippen LogP contribution in [0.3, 0.4) is 0 Å². The molecule has 0 unspecified atom stereocenters. The predicted molar refractivity (Wildman–Crippen MR) is 45.6 cm³/mol. The number of pyridine rings is 1. The van der Waals surface area contributed by atoms with Crippen molar-refractivity contribution in [1.82, 2.24) is 15.2 Å². The number of nitro groups is 1. The predicted octanol–water partition coefficient (Wildman–Crippen LogP) is 1.52. The normalized spacial score (nSPS) is 10.5. The van der Waals surface area contributed by atoms with Gasteiger partial charge in [-0.15, -0.1) is 0 Å². The third-order valence-electron chi connectivity index (χ3n) is 1.57. The molecule has 2 rings (SSSR count). The van der Waals surface area contributed by atoms with E-state index in [0.29, 0.717) is 11.0 Å². The second-order valence-corrected chi connectivity index (χ2v) is 2.72. The van der Waals surface area contributed by atoms with E-state index >= 15 is 0 Å². The van der Waals surface area contributed by atoms with Gasteiger partial charge in [-0.05, 0) is 0 Å². The molecule has 0 bridgehead atoms. The number of H-pyrrole nitrogens is 1. The summed E-state index contributed by atoms with van der Waals surface area (Å²) in [5.41, 5.74) is 0.339. The number of rotatable bonds is 1. The molecule has 0 saturated heterocycles. The van der Waals surface area contributed by atoms with Crippen LogP contribution in [0.1, 0.15) is 0 Å². The number of aromatic nitrogens is 3. The van der Waals surface area contributed by atoms with Crippen molar-refractivity contribution in [1.29, 1.82) is 0 Å². The van der Waals surface area contributed by atoms with Crippen molar-refractivity contribution in [2.24, 2.45) is 0 Å². The van der Waals surface area contributed by atoms with Gasteiger partial charge < -0.3 is 0 Å². The van der Waals surface area contributed by atoms with Crippen LogP contribution in [0.2, 0.25) is 5.15 Å². The van der Waals surface area contributed by atoms with Crippen LogP contribution in [0.25, 0.3) is 11.0 Å². The molecule has 0 radical (unpaired) electrons. The minimum Gasteiger partial charge on any atom is -0.259 e. The van der Waals surface area contributed by atoms with E-state index in [4.69, 9.17) is 11.6 Å². The second-order valence-electron chi connectivity index (χ2n) is 2.36. The molecule has 13 heavy (non-hydrogen) atoms. The molecule has 7 heteroatoms. The average Bonchev–Trinajstić information content (AvgIpc) is 2.47. The summed E-state index contributed by atoms with van der Waals surface area (Å²) in [4.78, 5) is 13.6. The van der Waals surface area contributed by atoms with Gasteiger partial charge in [0.2, 0.25) is 0 Å². The molecule has 0 fully saturated rings. The lowest BCUT2D eigenvalue weighted by Crippen LogP contribution is -1.88. The van der Waals surface area contributed by atoms with E-state index in [0.717, 1.165) is 6.20 Å². The molecule has 2 heterocycles. The molecule has 0 saturated carbocycles. The van der Waals surface area contributed by atoms with E-state index in [9.17, 15) is 10.1 Å². The van der Waals surface area contributed by atoms with Crippen LogP contribution in [-0.4, -0.2) is 20.1 Å². The van der Waals surface area contributed by atoms with Crippen molar-refractivity contribution in [3.05, 3.63) is 27.5 Å². The molecular weight excluding hydrogens is 196 g/mol. The SMILES string of the molecule is O=[N+]([O-])c1cnc2[nH]nc(Cl)c2c1. The maximum absolute atomic E-state index is 10.4. The number of hydrogen-bond donors (Lipinski definition) is 1. The molecule has 0 aliphatic heterocycles. The quantitative estimate of drug-likeness (QED) is 0.556. The van der Waals surface area contributed by atoms with Crippen LogP contribution in [0.15, 0.2) is 12.3 Å². The van der Waals surface area contributed by atoms with Gasteiger partial charge in [0.15, 0.2) is 10.8 Å². The van der Waals surface area contributed by atoms with Gasteiger partial charge >= 0.3 is 0 Å². The fourth-order valence-electron chi connectivity index (χ4n) is 0.962. The summed E-state index contributed by atoms with van der Waals surface area (Å²) >= 11 is 5.64. The number of nitrogens with one attached hydrogen (secondary N) is 1. The Balaban J connectivity index is 2.72. The summed E-state index contributed by atoms with van der Waals surface area (Å²) in [5, 5.41) is 17.2. The number of aromatic amines is 1. The van der Waals surface area contributed by atoms with Crippen LogP contribution >= 0.6 is 11.6 Å². The standard InChI is InChI=1S/C6H3ClN4O2/c7-5-4-1-3(11(12)13)2-8-6(4)10-9-5/h1-2H,(H,8,9,10). The third kappa shape index (κ3) is 1.20. The highest BCUT2D eigenvalue weighted by molar-refractivity contribution is 6.34. The van der Waals surface area contributed by atoms with Crippen LogP contribution in [-0.2, 0) is 0 Å². The second kappa shape index (κ2) is 2.67. The summed E-state index contributed by atoms with van der Waals surface area (Å²) in [6.07, 6.45) is 1.15. The van der Waals surface area contributed by atoms with Gasteiger partial charge in [-0.1, -0.05) is 11.6 Å². The molecule has 0 aliphatic rings. The maximum Gasteiger partial charge on any atom is 0.288 e. The highest BCUT2D eigenvalue weighted by Crippen LogP contribution is 2.22. The van der Waals surface area contributed by atoms with Gasteiger partial charge in [0.1, 0.15) is 6.20 Å². The van der Waals surface area contributed by atoms with Gasteiger partial charge in [-0.3, -0.25) is 15.2 Å². The van der Waals surface area contributed by atoms with Crippen molar-refractivity contribution < 1.29 is 4.92 Å². The summed E-state index contributed by atoms with van der Waals surface area (Å²) in [6.45, 7) is 0. The molecule has 0 aromatic carbocycles. The smallest absolute Gasteiger partial charge is 0.259 e. The van der Waals surface area contributed by atoms with Gasteiger partial charge in [0.25, 0.3) is 5.69 Å². The topological polar surface area (TPSA) is 84.7 Å². The summed E-state index contributed by atoms with van der Waals surface area (Å²) in [7, 11) is 0. The molecule has 0 spiro atoms. The van der Waals surface area contributed by atoms with Crippen LogP contribution in [0.5, 0.6) is 0 Å². The first kappa shape index (κ1) is 7.93. The van der Waals surface area contributed by atoms with Crippen molar-refractivity contribution >= 4 is 28.3 Å². The Morgan fingerprint density at radius 2 is 2.38 bits per heavy atom. The van der Waals surface area contributed by atoms with Crippen molar-refractivity contribution in [3.63, 3.8) is 0 Å². The zero-order chi connectivity index (χ0) is 9.42. The van der Waals surface area contributed by atoms with Gasteiger partial charge in [0.05, 0.1) is 10.3 Å². The zero-order valence-electron chi connectivity index (χ0n) is 6.19. The Kier molecular flexibility index (Phi) is 1.63. The largest absolute Gasteiger partial charge is 0.288 e. The lowest BCUT2D eigenvalue weighted by atomic mass is 10.3. The average molecular weight is 199 g/mol. The molecule has 6 nitrogen and oxygen atoms in total. The van der Waals surface area contributed by atoms with Gasteiger partial charge in [-0.25, -0.2) is 4.98 Å². The fourth-order valence-corrected chi connectivity index (χ4v) is 1.15. The molecule has 0 aliphatic carbocycles. The van der Waals surface area contributed by atoms with Crippen LogP contribution < -0.4 is 0 Å². The van der Waals surface area contributed by atoms with Crippen LogP contribution in [0, 0.1) is 10.1 Å². The van der Waals surface area contributed by atoms with Crippen molar-refractivity contribution in [3.8, 4) is 0 Å². The summed E-state index contributed by atoms with van der Waals surface area (Å²) < 4.78 is 0. The van der Waals surface area contributed by atoms with Gasteiger partial charge in [0, 0.05) is 6.07 Å². The first-order chi connectivity index (χ1) is 6.18. The van der Waals surface area contributed by atoms with E-state index in [2.05, 4.69) is 15.2 Å². The Labute approximate surface area is 76.7 Å². The van der Waals surface area contributed by atoms with E-state index in [1.54, 1.807) is 0 Å². The van der Waals surface area contributed by atoms with Crippen molar-refractivity contribution in [2.75, 3.05) is 0 Å². The number of fused-ring (bicyclic) bond motifs is 1. The highest BCUT2D eigenvalue weighted by Gasteiger charge is 2.11. The monoisotopic (exact) mass is 198 g/mol. The molecule has 2 aromatic rings. The fraction of sp³-hybridized carbons (Fsp3) is 0. The molecular formula is C6H3ClN4O2. The summed E-state index contributed by atoms with van der Waals surface area (Å²) in [6, 6.07) is 1.33. The van der Waals surface area contributed by atoms with E-state index in [1.165, 1.54) is 6.07 Å². The molecule has 1 N–H and O–H groups in total. The highest BCUT2D eigenvalue weighted by atomic mass is 35.5. The van der Waals surface area contributed by atoms with E-state index in [1.807, 2.05) is 0 Å². The lowest BCUT2D eigenvalue weighted by Gasteiger charge is -1.89. The first-order valence-electron chi connectivity index (χ1n) is 3.32. The Morgan fingerprint density at radius 1 is 1.62 bits per heavy atom. The summed E-state index contributed by atoms with van der Waals surface area (Å²) in [5.74, 6) is 0. The number of nitrogens with zero attached hydrogens (tertiary/aromatic N) is 3. The van der Waals surface area contributed by atoms with Gasteiger partial charge in [-0.2, -0.15) is 5.10 Å². The first-order valence-corrected chi connectivity index (χ1v) is 3.70. The minimum absolute atomic E-state index is 0.101. The molecule has 66 valence electrons. The number of hydrogen-bond acceptors (Lipinski definition) is 4. The minimum atomic E-state index is -0.532. The lowest BCUT2D eigenvalue weighted by molar-refractivity contribution is -0.385. The van der Waals surface area contributed by atoms with E-state index in [-0.39, 0.29) is 10.8 Å². The Morgan fingerprint density at radius 3 is 3.08 bits per heavy atom. The van der Waals surface area contributed by atoms with E-state index < -0.39 is 4.92 Å². The molecule has 2 aromatic heterocycles.